The lowest BCUT2D eigenvalue weighted by atomic mass is 10.2. The van der Waals surface area contributed by atoms with Gasteiger partial charge in [0.05, 0.1) is 0 Å². The summed E-state index contributed by atoms with van der Waals surface area (Å²) < 4.78 is 25.9. The van der Waals surface area contributed by atoms with Gasteiger partial charge in [-0.05, 0) is 24.1 Å². The molecule has 0 spiro atoms. The van der Waals surface area contributed by atoms with Gasteiger partial charge in [0.2, 0.25) is 0 Å². The van der Waals surface area contributed by atoms with Crippen molar-refractivity contribution >= 4 is 11.6 Å². The van der Waals surface area contributed by atoms with Crippen molar-refractivity contribution in [3.05, 3.63) is 47.3 Å². The summed E-state index contributed by atoms with van der Waals surface area (Å²) in [4.78, 5) is 8.00. The van der Waals surface area contributed by atoms with Crippen LogP contribution in [0.3, 0.4) is 0 Å². The molecule has 0 saturated carbocycles. The van der Waals surface area contributed by atoms with E-state index in [9.17, 15) is 8.78 Å². The minimum atomic E-state index is -0.864. The van der Waals surface area contributed by atoms with E-state index in [1.54, 1.807) is 0 Å². The fourth-order valence-corrected chi connectivity index (χ4v) is 1.76. The maximum atomic E-state index is 13.1. The molecule has 100 valence electrons. The van der Waals surface area contributed by atoms with Crippen LogP contribution in [0.4, 0.5) is 20.4 Å². The molecular weight excluding hydrogens is 250 g/mol. The first kappa shape index (κ1) is 13.2. The van der Waals surface area contributed by atoms with Crippen LogP contribution in [0.2, 0.25) is 0 Å². The van der Waals surface area contributed by atoms with E-state index >= 15 is 0 Å². The molecule has 3 N–H and O–H groups in total. The molecule has 1 aromatic carbocycles. The Morgan fingerprint density at radius 2 is 2.00 bits per heavy atom. The lowest BCUT2D eigenvalue weighted by Crippen LogP contribution is -2.08. The Morgan fingerprint density at radius 3 is 2.68 bits per heavy atom. The molecule has 0 amide bonds. The summed E-state index contributed by atoms with van der Waals surface area (Å²) in [5.41, 5.74) is 7.18. The molecule has 0 atom stereocenters. The van der Waals surface area contributed by atoms with Gasteiger partial charge in [0.15, 0.2) is 11.6 Å². The summed E-state index contributed by atoms with van der Waals surface area (Å²) in [5, 5.41) is 3.05. The topological polar surface area (TPSA) is 63.8 Å². The highest BCUT2D eigenvalue weighted by molar-refractivity contribution is 5.55. The molecule has 2 rings (SSSR count). The minimum Gasteiger partial charge on any atom is -0.383 e. The molecule has 0 aliphatic carbocycles. The summed E-state index contributed by atoms with van der Waals surface area (Å²) in [6.45, 7) is 2.28. The second kappa shape index (κ2) is 5.60. The Kier molecular flexibility index (Phi) is 3.89. The maximum Gasteiger partial charge on any atom is 0.159 e. The van der Waals surface area contributed by atoms with Crippen LogP contribution in [0.15, 0.2) is 24.5 Å². The summed E-state index contributed by atoms with van der Waals surface area (Å²) in [6.07, 6.45) is 2.05. The maximum absolute atomic E-state index is 13.1. The predicted octanol–water partition coefficient (Wildman–Crippen LogP) is 2.51. The highest BCUT2D eigenvalue weighted by Crippen LogP contribution is 2.18. The highest BCUT2D eigenvalue weighted by Gasteiger charge is 2.07. The normalized spacial score (nSPS) is 10.5. The van der Waals surface area contributed by atoms with Gasteiger partial charge in [-0.1, -0.05) is 13.0 Å². The number of nitrogens with zero attached hydrogens (tertiary/aromatic N) is 2. The zero-order valence-electron chi connectivity index (χ0n) is 10.5. The second-order valence-corrected chi connectivity index (χ2v) is 4.04. The van der Waals surface area contributed by atoms with Crippen molar-refractivity contribution in [2.45, 2.75) is 19.9 Å². The van der Waals surface area contributed by atoms with Gasteiger partial charge in [-0.2, -0.15) is 0 Å². The van der Waals surface area contributed by atoms with Crippen LogP contribution in [0.25, 0.3) is 0 Å². The molecule has 19 heavy (non-hydrogen) atoms. The summed E-state index contributed by atoms with van der Waals surface area (Å²) >= 11 is 0. The van der Waals surface area contributed by atoms with Crippen LogP contribution in [-0.4, -0.2) is 9.97 Å². The van der Waals surface area contributed by atoms with Gasteiger partial charge in [-0.25, -0.2) is 18.7 Å². The molecule has 1 heterocycles. The molecule has 0 unspecified atom stereocenters. The van der Waals surface area contributed by atoms with Gasteiger partial charge in [-0.3, -0.25) is 0 Å². The molecule has 0 bridgehead atoms. The number of halogens is 2. The molecule has 0 saturated heterocycles. The van der Waals surface area contributed by atoms with Crippen molar-refractivity contribution in [3.8, 4) is 0 Å². The van der Waals surface area contributed by atoms with E-state index in [1.165, 1.54) is 12.4 Å². The Bertz CT molecular complexity index is 587. The van der Waals surface area contributed by atoms with Crippen molar-refractivity contribution in [3.63, 3.8) is 0 Å². The van der Waals surface area contributed by atoms with Crippen LogP contribution in [0, 0.1) is 11.6 Å². The number of nitrogens with one attached hydrogen (secondary N) is 1. The average Bonchev–Trinajstić information content (AvgIpc) is 2.40. The summed E-state index contributed by atoms with van der Waals surface area (Å²) in [6, 6.07) is 3.77. The van der Waals surface area contributed by atoms with E-state index in [1.807, 2.05) is 6.92 Å². The number of aromatic nitrogens is 2. The molecular formula is C13H14F2N4. The average molecular weight is 264 g/mol. The predicted molar refractivity (Wildman–Crippen MR) is 69.5 cm³/mol. The molecule has 1 aromatic heterocycles. The molecule has 2 aromatic rings. The first-order chi connectivity index (χ1) is 9.11. The number of anilines is 2. The van der Waals surface area contributed by atoms with Crippen LogP contribution in [-0.2, 0) is 13.0 Å². The van der Waals surface area contributed by atoms with Gasteiger partial charge in [0, 0.05) is 12.1 Å². The number of benzene rings is 1. The Balaban J connectivity index is 2.14. The van der Waals surface area contributed by atoms with Crippen molar-refractivity contribution in [1.29, 1.82) is 0 Å². The number of hydrogen-bond donors (Lipinski definition) is 2. The molecule has 0 radical (unpaired) electrons. The number of hydrogen-bond acceptors (Lipinski definition) is 4. The smallest absolute Gasteiger partial charge is 0.159 e. The van der Waals surface area contributed by atoms with Gasteiger partial charge >= 0.3 is 0 Å². The summed E-state index contributed by atoms with van der Waals surface area (Å²) in [7, 11) is 0. The third-order valence-electron chi connectivity index (χ3n) is 2.78. The van der Waals surface area contributed by atoms with Crippen LogP contribution >= 0.6 is 0 Å². The van der Waals surface area contributed by atoms with E-state index in [-0.39, 0.29) is 0 Å². The monoisotopic (exact) mass is 264 g/mol. The summed E-state index contributed by atoms with van der Waals surface area (Å²) in [5.74, 6) is -0.688. The molecule has 0 aliphatic heterocycles. The number of nitrogen functional groups attached to an aromatic ring is 1. The largest absolute Gasteiger partial charge is 0.383 e. The van der Waals surface area contributed by atoms with Gasteiger partial charge in [-0.15, -0.1) is 0 Å². The Morgan fingerprint density at radius 1 is 1.21 bits per heavy atom. The van der Waals surface area contributed by atoms with Crippen molar-refractivity contribution in [2.75, 3.05) is 11.1 Å². The van der Waals surface area contributed by atoms with E-state index in [0.29, 0.717) is 30.2 Å². The van der Waals surface area contributed by atoms with Crippen molar-refractivity contribution in [1.82, 2.24) is 9.97 Å². The Hall–Kier alpha value is -2.24. The minimum absolute atomic E-state index is 0.334. The van der Waals surface area contributed by atoms with Gasteiger partial charge in [0.1, 0.15) is 18.0 Å². The first-order valence-electron chi connectivity index (χ1n) is 5.89. The second-order valence-electron chi connectivity index (χ2n) is 4.04. The fraction of sp³-hybridized carbons (Fsp3) is 0.231. The van der Waals surface area contributed by atoms with Gasteiger partial charge < -0.3 is 11.1 Å². The lowest BCUT2D eigenvalue weighted by molar-refractivity contribution is 0.507. The van der Waals surface area contributed by atoms with E-state index in [4.69, 9.17) is 5.73 Å². The number of nitrogens with two attached hydrogens (primary N) is 1. The zero-order valence-corrected chi connectivity index (χ0v) is 10.5. The quantitative estimate of drug-likeness (QED) is 0.890. The van der Waals surface area contributed by atoms with Crippen LogP contribution in [0.5, 0.6) is 0 Å². The first-order valence-corrected chi connectivity index (χ1v) is 5.89. The van der Waals surface area contributed by atoms with Crippen molar-refractivity contribution < 1.29 is 8.78 Å². The fourth-order valence-electron chi connectivity index (χ4n) is 1.76. The standard InChI is InChI=1S/C13H14F2N4/c1-2-9-12(16)18-7-19-13(9)17-6-8-3-4-10(14)11(15)5-8/h3-5,7H,2,6H2,1H3,(H3,16,17,18,19). The van der Waals surface area contributed by atoms with Crippen LogP contribution in [0.1, 0.15) is 18.1 Å². The molecule has 4 nitrogen and oxygen atoms in total. The highest BCUT2D eigenvalue weighted by atomic mass is 19.2. The SMILES string of the molecule is CCc1c(N)ncnc1NCc1ccc(F)c(F)c1. The third-order valence-corrected chi connectivity index (χ3v) is 2.78. The third kappa shape index (κ3) is 2.96. The zero-order chi connectivity index (χ0) is 13.8. The molecule has 0 aliphatic rings. The molecule has 6 heteroatoms. The Labute approximate surface area is 109 Å². The van der Waals surface area contributed by atoms with Crippen molar-refractivity contribution in [2.24, 2.45) is 0 Å². The number of rotatable bonds is 4. The van der Waals surface area contributed by atoms with Crippen LogP contribution < -0.4 is 11.1 Å². The lowest BCUT2D eigenvalue weighted by Gasteiger charge is -2.11. The van der Waals surface area contributed by atoms with E-state index in [2.05, 4.69) is 15.3 Å². The van der Waals surface area contributed by atoms with E-state index < -0.39 is 11.6 Å². The van der Waals surface area contributed by atoms with Gasteiger partial charge in [0.25, 0.3) is 0 Å². The van der Waals surface area contributed by atoms with E-state index in [0.717, 1.165) is 17.7 Å². The molecule has 0 fully saturated rings.